The third kappa shape index (κ3) is 40.8. The Morgan fingerprint density at radius 2 is 0.987 bits per heavy atom. The van der Waals surface area contributed by atoms with Gasteiger partial charge in [0.05, 0.1) is 25.4 Å². The molecule has 0 radical (unpaired) electrons. The Morgan fingerprint density at radius 3 is 1.53 bits per heavy atom. The highest BCUT2D eigenvalue weighted by molar-refractivity contribution is 5.80. The van der Waals surface area contributed by atoms with Gasteiger partial charge in [-0.2, -0.15) is 0 Å². The molecule has 8 atom stereocenters. The van der Waals surface area contributed by atoms with Gasteiger partial charge in [-0.15, -0.1) is 0 Å². The molecule has 11 heteroatoms. The van der Waals surface area contributed by atoms with Crippen LogP contribution in [0.2, 0.25) is 0 Å². The van der Waals surface area contributed by atoms with Crippen LogP contribution in [-0.4, -0.2) is 99.6 Å². The number of amides is 1. The highest BCUT2D eigenvalue weighted by Gasteiger charge is 2.47. The summed E-state index contributed by atoms with van der Waals surface area (Å²) >= 11 is 0. The van der Waals surface area contributed by atoms with Gasteiger partial charge in [0.2, 0.25) is 5.91 Å². The summed E-state index contributed by atoms with van der Waals surface area (Å²) in [7, 11) is 0. The van der Waals surface area contributed by atoms with Crippen LogP contribution in [0.15, 0.2) is 122 Å². The van der Waals surface area contributed by atoms with Gasteiger partial charge < -0.3 is 45.1 Å². The maximum Gasteiger partial charge on any atom is 0.306 e. The molecule has 1 fully saturated rings. The number of unbranched alkanes of at least 4 members (excludes halogenated alkanes) is 21. The van der Waals surface area contributed by atoms with Crippen molar-refractivity contribution >= 4 is 11.9 Å². The molecule has 1 rings (SSSR count). The molecule has 0 spiro atoms. The van der Waals surface area contributed by atoms with E-state index < -0.39 is 67.4 Å². The topological polar surface area (TPSA) is 175 Å². The summed E-state index contributed by atoms with van der Waals surface area (Å²) in [6.07, 6.45) is 62.6. The summed E-state index contributed by atoms with van der Waals surface area (Å²) in [5.41, 5.74) is 0. The fourth-order valence-electron chi connectivity index (χ4n) is 8.66. The molecule has 1 saturated heterocycles. The first-order chi connectivity index (χ1) is 37.7. The minimum Gasteiger partial charge on any atom is -0.454 e. The van der Waals surface area contributed by atoms with E-state index >= 15 is 0 Å². The minimum absolute atomic E-state index is 0.0202. The fourth-order valence-corrected chi connectivity index (χ4v) is 8.66. The highest BCUT2D eigenvalue weighted by Crippen LogP contribution is 2.26. The standard InChI is InChI=1S/C66H109NO10/c1-4-7-10-13-16-19-22-24-25-26-27-28-29-30-31-32-33-34-36-38-41-44-47-50-53-59(70)65(74)67-57(58(69)52-49-46-43-40-37-21-18-15-12-9-6-3)56-75-66-64(63(73)62(72)60(55-68)76-66)77-61(71)54-51-48-45-42-39-35-23-20-17-14-11-8-5-2/h8,11,14,16-17,19-20,23-25,27-28,30-31,35,39,42,45,49,52,57-60,62-64,66,68-70,72-73H,4-7,9-10,12-13,15,18,21-22,26,29,32-34,36-38,40-41,43-44,46-48,50-51,53-56H2,1-3H3,(H,67,74)/b11-8+,17-14+,19-16-,23-20-,25-24-,28-27-,31-30-,39-35-,45-42+,52-49+. The zero-order chi connectivity index (χ0) is 56.1. The van der Waals surface area contributed by atoms with E-state index in [0.717, 1.165) is 83.5 Å². The largest absolute Gasteiger partial charge is 0.454 e. The maximum absolute atomic E-state index is 13.4. The molecular weight excluding hydrogens is 967 g/mol. The Bertz CT molecular complexity index is 1710. The molecule has 1 amide bonds. The molecule has 0 bridgehead atoms. The zero-order valence-corrected chi connectivity index (χ0v) is 48.3. The van der Waals surface area contributed by atoms with E-state index in [4.69, 9.17) is 14.2 Å². The SMILES string of the molecule is CC/C=C/C=C/C=C\C=C/C=C/CCCC(=O)OC1C(OCC(NC(=O)C(O)CCCCCCCCCC/C=C\C/C=C\C/C=C\C/C=C\CCCCC)C(O)/C=C/CCCCCCCCCCC)OC(CO)C(O)C1O. The first-order valence-corrected chi connectivity index (χ1v) is 30.4. The third-order valence-corrected chi connectivity index (χ3v) is 13.5. The highest BCUT2D eigenvalue weighted by atomic mass is 16.7. The number of nitrogens with one attached hydrogen (secondary N) is 1. The van der Waals surface area contributed by atoms with E-state index in [-0.39, 0.29) is 19.4 Å². The average Bonchev–Trinajstić information content (AvgIpc) is 3.44. The molecule has 0 aromatic carbocycles. The summed E-state index contributed by atoms with van der Waals surface area (Å²) in [5.74, 6) is -1.29. The Kier molecular flexibility index (Phi) is 48.7. The number of hydrogen-bond donors (Lipinski definition) is 6. The van der Waals surface area contributed by atoms with Crippen molar-refractivity contribution in [3.8, 4) is 0 Å². The molecule has 6 N–H and O–H groups in total. The van der Waals surface area contributed by atoms with Gasteiger partial charge in [0.15, 0.2) is 12.4 Å². The average molecular weight is 1080 g/mol. The Balaban J connectivity index is 2.67. The lowest BCUT2D eigenvalue weighted by atomic mass is 9.99. The van der Waals surface area contributed by atoms with Gasteiger partial charge in [-0.05, 0) is 83.5 Å². The summed E-state index contributed by atoms with van der Waals surface area (Å²) in [5, 5.41) is 56.8. The first kappa shape index (κ1) is 71.1. The predicted molar refractivity (Wildman–Crippen MR) is 319 cm³/mol. The molecule has 1 aliphatic rings. The molecule has 1 heterocycles. The van der Waals surface area contributed by atoms with Crippen LogP contribution in [-0.2, 0) is 23.8 Å². The molecule has 77 heavy (non-hydrogen) atoms. The van der Waals surface area contributed by atoms with E-state index in [2.05, 4.69) is 80.8 Å². The maximum atomic E-state index is 13.4. The number of hydrogen-bond acceptors (Lipinski definition) is 10. The van der Waals surface area contributed by atoms with Crippen LogP contribution in [0.25, 0.3) is 0 Å². The number of aliphatic hydroxyl groups excluding tert-OH is 5. The van der Waals surface area contributed by atoms with Crippen LogP contribution in [0.4, 0.5) is 0 Å². The van der Waals surface area contributed by atoms with Crippen LogP contribution in [0.5, 0.6) is 0 Å². The van der Waals surface area contributed by atoms with Gasteiger partial charge in [-0.1, -0.05) is 251 Å². The van der Waals surface area contributed by atoms with Gasteiger partial charge in [0, 0.05) is 6.42 Å². The smallest absolute Gasteiger partial charge is 0.306 e. The van der Waals surface area contributed by atoms with Crippen molar-refractivity contribution in [1.82, 2.24) is 5.32 Å². The van der Waals surface area contributed by atoms with E-state index in [0.29, 0.717) is 19.3 Å². The second kappa shape index (κ2) is 52.7. The minimum atomic E-state index is -1.65. The predicted octanol–water partition coefficient (Wildman–Crippen LogP) is 14.3. The lowest BCUT2D eigenvalue weighted by Gasteiger charge is -2.41. The molecule has 11 nitrogen and oxygen atoms in total. The normalized spacial score (nSPS) is 19.9. The monoisotopic (exact) mass is 1080 g/mol. The Labute approximate surface area is 468 Å². The molecule has 0 aromatic rings. The third-order valence-electron chi connectivity index (χ3n) is 13.5. The molecule has 1 aliphatic heterocycles. The second-order valence-electron chi connectivity index (χ2n) is 20.5. The number of aliphatic hydroxyl groups is 5. The van der Waals surface area contributed by atoms with Gasteiger partial charge in [-0.3, -0.25) is 9.59 Å². The van der Waals surface area contributed by atoms with Gasteiger partial charge in [0.1, 0.15) is 24.4 Å². The molecule has 0 saturated carbocycles. The van der Waals surface area contributed by atoms with Crippen molar-refractivity contribution in [2.45, 2.75) is 269 Å². The van der Waals surface area contributed by atoms with E-state index in [1.54, 1.807) is 6.08 Å². The summed E-state index contributed by atoms with van der Waals surface area (Å²) in [6, 6.07) is -1.05. The van der Waals surface area contributed by atoms with Crippen LogP contribution < -0.4 is 5.32 Å². The number of esters is 1. The molecule has 0 aromatic heterocycles. The Hall–Kier alpha value is -3.94. The lowest BCUT2D eigenvalue weighted by molar-refractivity contribution is -0.305. The molecule has 438 valence electrons. The number of carbonyl (C=O) groups excluding carboxylic acids is 2. The van der Waals surface area contributed by atoms with E-state index in [1.807, 2.05) is 60.8 Å². The lowest BCUT2D eigenvalue weighted by Crippen LogP contribution is -2.61. The molecular formula is C66H109NO10. The van der Waals surface area contributed by atoms with Crippen molar-refractivity contribution < 1.29 is 49.3 Å². The van der Waals surface area contributed by atoms with Crippen LogP contribution in [0.1, 0.15) is 220 Å². The van der Waals surface area contributed by atoms with Crippen molar-refractivity contribution in [3.05, 3.63) is 122 Å². The number of allylic oxidation sites excluding steroid dienone is 19. The second-order valence-corrected chi connectivity index (χ2v) is 20.5. The number of ether oxygens (including phenoxy) is 3. The fraction of sp³-hybridized carbons (Fsp3) is 0.667. The van der Waals surface area contributed by atoms with Crippen molar-refractivity contribution in [2.24, 2.45) is 0 Å². The first-order valence-electron chi connectivity index (χ1n) is 30.4. The summed E-state index contributed by atoms with van der Waals surface area (Å²) < 4.78 is 17.5. The quantitative estimate of drug-likeness (QED) is 0.0149. The molecule has 8 unspecified atom stereocenters. The van der Waals surface area contributed by atoms with E-state index in [1.165, 1.54) is 83.5 Å². The van der Waals surface area contributed by atoms with Gasteiger partial charge >= 0.3 is 5.97 Å². The number of carbonyl (C=O) groups is 2. The van der Waals surface area contributed by atoms with Crippen molar-refractivity contribution in [2.75, 3.05) is 13.2 Å². The van der Waals surface area contributed by atoms with Crippen LogP contribution >= 0.6 is 0 Å². The Morgan fingerprint density at radius 1 is 0.532 bits per heavy atom. The van der Waals surface area contributed by atoms with Gasteiger partial charge in [-0.25, -0.2) is 0 Å². The summed E-state index contributed by atoms with van der Waals surface area (Å²) in [6.45, 7) is 5.54. The van der Waals surface area contributed by atoms with E-state index in [9.17, 15) is 35.1 Å². The zero-order valence-electron chi connectivity index (χ0n) is 48.3. The summed E-state index contributed by atoms with van der Waals surface area (Å²) in [4.78, 5) is 26.4. The molecule has 0 aliphatic carbocycles. The van der Waals surface area contributed by atoms with Crippen molar-refractivity contribution in [1.29, 1.82) is 0 Å². The van der Waals surface area contributed by atoms with Crippen LogP contribution in [0, 0.1) is 0 Å². The number of rotatable bonds is 49. The van der Waals surface area contributed by atoms with Gasteiger partial charge in [0.25, 0.3) is 0 Å². The van der Waals surface area contributed by atoms with Crippen molar-refractivity contribution in [3.63, 3.8) is 0 Å². The van der Waals surface area contributed by atoms with Crippen LogP contribution in [0.3, 0.4) is 0 Å².